The third-order valence-electron chi connectivity index (χ3n) is 11.2. The number of phosphoric ester groups is 1. The number of unbranched alkanes of at least 4 members (excludes halogenated alkanes) is 19. The monoisotopic (exact) mass is 982 g/mol. The highest BCUT2D eigenvalue weighted by Gasteiger charge is 2.26. The Labute approximate surface area is 422 Å². The highest BCUT2D eigenvalue weighted by molar-refractivity contribution is 7.47. The number of carbonyl (C=O) groups is 2. The zero-order valence-electron chi connectivity index (χ0n) is 43.8. The van der Waals surface area contributed by atoms with Crippen molar-refractivity contribution in [3.05, 3.63) is 109 Å². The molecule has 0 saturated heterocycles. The van der Waals surface area contributed by atoms with Crippen LogP contribution in [0.5, 0.6) is 0 Å². The van der Waals surface area contributed by atoms with Crippen LogP contribution in [0.1, 0.15) is 219 Å². The van der Waals surface area contributed by atoms with Crippen molar-refractivity contribution >= 4 is 19.8 Å². The maximum absolute atomic E-state index is 12.7. The molecule has 0 bridgehead atoms. The van der Waals surface area contributed by atoms with Crippen LogP contribution in [0.3, 0.4) is 0 Å². The Kier molecular flexibility index (Phi) is 51.4. The summed E-state index contributed by atoms with van der Waals surface area (Å²) in [5.74, 6) is -0.866. The maximum atomic E-state index is 12.7. The predicted octanol–water partition coefficient (Wildman–Crippen LogP) is 17.1. The number of ether oxygens (including phenoxy) is 2. The lowest BCUT2D eigenvalue weighted by Crippen LogP contribution is -2.29. The Bertz CT molecular complexity index is 1490. The van der Waals surface area contributed by atoms with Crippen molar-refractivity contribution in [2.24, 2.45) is 5.73 Å². The number of hydrogen-bond acceptors (Lipinski definition) is 8. The molecule has 69 heavy (non-hydrogen) atoms. The average molecular weight is 982 g/mol. The topological polar surface area (TPSA) is 134 Å². The summed E-state index contributed by atoms with van der Waals surface area (Å²) in [6, 6.07) is 0. The van der Waals surface area contributed by atoms with Crippen LogP contribution in [-0.2, 0) is 32.7 Å². The summed E-state index contributed by atoms with van der Waals surface area (Å²) >= 11 is 0. The second-order valence-corrected chi connectivity index (χ2v) is 19.1. The summed E-state index contributed by atoms with van der Waals surface area (Å²) in [5.41, 5.74) is 5.36. The van der Waals surface area contributed by atoms with Gasteiger partial charge in [-0.15, -0.1) is 0 Å². The molecule has 0 aliphatic heterocycles. The second-order valence-electron chi connectivity index (χ2n) is 17.7. The fraction of sp³-hybridized carbons (Fsp3) is 0.661. The van der Waals surface area contributed by atoms with E-state index in [1.165, 1.54) is 83.5 Å². The van der Waals surface area contributed by atoms with E-state index in [-0.39, 0.29) is 32.6 Å². The summed E-state index contributed by atoms with van der Waals surface area (Å²) in [4.78, 5) is 35.0. The molecule has 0 aromatic rings. The molecule has 2 unspecified atom stereocenters. The fourth-order valence-electron chi connectivity index (χ4n) is 7.18. The second kappa shape index (κ2) is 54.0. The van der Waals surface area contributed by atoms with E-state index in [1.54, 1.807) is 0 Å². The Balaban J connectivity index is 3.91. The van der Waals surface area contributed by atoms with Crippen LogP contribution in [0.15, 0.2) is 109 Å². The molecule has 0 aliphatic rings. The van der Waals surface area contributed by atoms with Crippen molar-refractivity contribution in [2.75, 3.05) is 26.4 Å². The van der Waals surface area contributed by atoms with Crippen molar-refractivity contribution in [3.63, 3.8) is 0 Å². The van der Waals surface area contributed by atoms with E-state index in [0.29, 0.717) is 12.8 Å². The molecular formula is C59H100NO8P. The molecule has 9 nitrogen and oxygen atoms in total. The summed E-state index contributed by atoms with van der Waals surface area (Å²) < 4.78 is 32.9. The lowest BCUT2D eigenvalue weighted by molar-refractivity contribution is -0.161. The fourth-order valence-corrected chi connectivity index (χ4v) is 7.95. The number of esters is 2. The molecule has 0 rings (SSSR count). The van der Waals surface area contributed by atoms with Gasteiger partial charge in [0.25, 0.3) is 0 Å². The average Bonchev–Trinajstić information content (AvgIpc) is 3.34. The first-order chi connectivity index (χ1) is 33.8. The SMILES string of the molecule is CC/C=C\C/C=C\C/C=C\C/C=C\C/C=C\C/C=C\CCCCCCCCCCCCCCCCCCC(=O)OC(COC(=O)CCCCC/C=C\C/C=C\C/C=C\CC)COP(=O)(O)OCCN. The quantitative estimate of drug-likeness (QED) is 0.0264. The molecule has 0 spiro atoms. The van der Waals surface area contributed by atoms with E-state index in [4.69, 9.17) is 24.3 Å². The van der Waals surface area contributed by atoms with E-state index in [0.717, 1.165) is 96.3 Å². The van der Waals surface area contributed by atoms with Crippen LogP contribution in [0.4, 0.5) is 0 Å². The van der Waals surface area contributed by atoms with Gasteiger partial charge in [0.1, 0.15) is 6.61 Å². The molecular weight excluding hydrogens is 882 g/mol. The first kappa shape index (κ1) is 65.7. The molecule has 0 aromatic heterocycles. The highest BCUT2D eigenvalue weighted by atomic mass is 31.2. The van der Waals surface area contributed by atoms with Gasteiger partial charge in [-0.3, -0.25) is 18.6 Å². The van der Waals surface area contributed by atoms with Gasteiger partial charge in [-0.05, 0) is 96.3 Å². The number of allylic oxidation sites excluding steroid dienone is 18. The Morgan fingerprint density at radius 2 is 0.754 bits per heavy atom. The summed E-state index contributed by atoms with van der Waals surface area (Å²) in [7, 11) is -4.39. The van der Waals surface area contributed by atoms with E-state index in [1.807, 2.05) is 0 Å². The van der Waals surface area contributed by atoms with Gasteiger partial charge in [-0.25, -0.2) is 4.57 Å². The minimum absolute atomic E-state index is 0.0452. The van der Waals surface area contributed by atoms with Gasteiger partial charge in [0.2, 0.25) is 0 Å². The normalized spacial score (nSPS) is 14.0. The number of phosphoric acid groups is 1. The first-order valence-electron chi connectivity index (χ1n) is 27.4. The van der Waals surface area contributed by atoms with Crippen LogP contribution in [0.25, 0.3) is 0 Å². The molecule has 10 heteroatoms. The molecule has 0 aliphatic carbocycles. The number of hydrogen-bond donors (Lipinski definition) is 2. The van der Waals surface area contributed by atoms with Crippen molar-refractivity contribution in [1.29, 1.82) is 0 Å². The molecule has 0 radical (unpaired) electrons. The minimum atomic E-state index is -4.39. The van der Waals surface area contributed by atoms with Gasteiger partial charge in [0, 0.05) is 19.4 Å². The Hall–Kier alpha value is -3.33. The standard InChI is InChI=1S/C59H100NO8P/c1-3-5-7-9-11-13-15-17-18-19-20-21-22-23-24-25-26-27-28-29-30-31-32-33-34-35-36-37-38-40-42-44-46-48-50-52-59(62)68-57(56-67-69(63,64)66-54-53-60)55-65-58(61)51-49-47-45-43-41-39-16-14-12-10-8-6-4-2/h5-8,11-14,17-18,20-21,23-24,26-27,39,41,57H,3-4,9-10,15-16,19,22,25,28-38,40,42-56,60H2,1-2H3,(H,63,64)/b7-5-,8-6-,13-11-,14-12-,18-17-,21-20-,24-23-,27-26-,41-39-. The van der Waals surface area contributed by atoms with Gasteiger partial charge >= 0.3 is 19.8 Å². The lowest BCUT2D eigenvalue weighted by Gasteiger charge is -2.19. The molecule has 3 N–H and O–H groups in total. The van der Waals surface area contributed by atoms with Gasteiger partial charge in [-0.2, -0.15) is 0 Å². The van der Waals surface area contributed by atoms with Gasteiger partial charge < -0.3 is 20.1 Å². The van der Waals surface area contributed by atoms with E-state index in [9.17, 15) is 19.0 Å². The summed E-state index contributed by atoms with van der Waals surface area (Å²) in [6.45, 7) is 3.47. The highest BCUT2D eigenvalue weighted by Crippen LogP contribution is 2.43. The Morgan fingerprint density at radius 1 is 0.435 bits per heavy atom. The van der Waals surface area contributed by atoms with Crippen LogP contribution in [0.2, 0.25) is 0 Å². The van der Waals surface area contributed by atoms with Crippen molar-refractivity contribution < 1.29 is 37.6 Å². The zero-order valence-corrected chi connectivity index (χ0v) is 44.6. The summed E-state index contributed by atoms with van der Waals surface area (Å²) in [5, 5.41) is 0. The molecule has 0 aromatic carbocycles. The smallest absolute Gasteiger partial charge is 0.462 e. The van der Waals surface area contributed by atoms with Crippen LogP contribution in [0, 0.1) is 0 Å². The molecule has 394 valence electrons. The van der Waals surface area contributed by atoms with E-state index >= 15 is 0 Å². The van der Waals surface area contributed by atoms with Gasteiger partial charge in [0.15, 0.2) is 6.10 Å². The van der Waals surface area contributed by atoms with E-state index < -0.39 is 32.5 Å². The third-order valence-corrected chi connectivity index (χ3v) is 12.1. The van der Waals surface area contributed by atoms with Gasteiger partial charge in [0.05, 0.1) is 13.2 Å². The largest absolute Gasteiger partial charge is 0.472 e. The van der Waals surface area contributed by atoms with Crippen LogP contribution >= 0.6 is 7.82 Å². The predicted molar refractivity (Wildman–Crippen MR) is 293 cm³/mol. The third kappa shape index (κ3) is 53.9. The van der Waals surface area contributed by atoms with Crippen LogP contribution in [-0.4, -0.2) is 49.3 Å². The lowest BCUT2D eigenvalue weighted by atomic mass is 10.0. The molecule has 0 amide bonds. The summed E-state index contributed by atoms with van der Waals surface area (Å²) in [6.07, 6.45) is 73.0. The van der Waals surface area contributed by atoms with Crippen LogP contribution < -0.4 is 5.73 Å². The van der Waals surface area contributed by atoms with Crippen molar-refractivity contribution in [1.82, 2.24) is 0 Å². The number of rotatable bonds is 50. The molecule has 0 heterocycles. The maximum Gasteiger partial charge on any atom is 0.472 e. The first-order valence-corrected chi connectivity index (χ1v) is 28.9. The molecule has 2 atom stereocenters. The van der Waals surface area contributed by atoms with Crippen molar-refractivity contribution in [2.45, 2.75) is 225 Å². The number of nitrogens with two attached hydrogens (primary N) is 1. The van der Waals surface area contributed by atoms with Crippen molar-refractivity contribution in [3.8, 4) is 0 Å². The van der Waals surface area contributed by atoms with Gasteiger partial charge in [-0.1, -0.05) is 220 Å². The zero-order chi connectivity index (χ0) is 50.2. The molecule has 0 fully saturated rings. The van der Waals surface area contributed by atoms with E-state index in [2.05, 4.69) is 123 Å². The minimum Gasteiger partial charge on any atom is -0.462 e. The Morgan fingerprint density at radius 3 is 1.13 bits per heavy atom. The molecule has 0 saturated carbocycles. The number of carbonyl (C=O) groups excluding carboxylic acids is 2.